The Morgan fingerprint density at radius 3 is 2.88 bits per heavy atom. The van der Waals surface area contributed by atoms with E-state index >= 15 is 0 Å². The van der Waals surface area contributed by atoms with Crippen LogP contribution in [0.3, 0.4) is 0 Å². The SMILES string of the molecule is CC1CCC(CNc2ccnc(C#N)c2)CC1. The van der Waals surface area contributed by atoms with Crippen molar-refractivity contribution < 1.29 is 0 Å². The summed E-state index contributed by atoms with van der Waals surface area (Å²) in [4.78, 5) is 3.96. The summed E-state index contributed by atoms with van der Waals surface area (Å²) in [6.45, 7) is 3.35. The topological polar surface area (TPSA) is 48.7 Å². The first-order valence-corrected chi connectivity index (χ1v) is 6.38. The third-order valence-electron chi connectivity index (χ3n) is 3.60. The van der Waals surface area contributed by atoms with Crippen LogP contribution in [0, 0.1) is 23.2 Å². The van der Waals surface area contributed by atoms with Gasteiger partial charge >= 0.3 is 0 Å². The molecule has 0 aromatic carbocycles. The van der Waals surface area contributed by atoms with Crippen molar-refractivity contribution in [2.75, 3.05) is 11.9 Å². The summed E-state index contributed by atoms with van der Waals surface area (Å²) < 4.78 is 0. The van der Waals surface area contributed by atoms with Crippen LogP contribution in [0.1, 0.15) is 38.3 Å². The number of rotatable bonds is 3. The molecule has 1 N–H and O–H groups in total. The Labute approximate surface area is 103 Å². The fourth-order valence-corrected chi connectivity index (χ4v) is 2.40. The highest BCUT2D eigenvalue weighted by Crippen LogP contribution is 2.28. The largest absolute Gasteiger partial charge is 0.385 e. The molecule has 3 nitrogen and oxygen atoms in total. The number of hydrogen-bond donors (Lipinski definition) is 1. The van der Waals surface area contributed by atoms with Gasteiger partial charge in [-0.2, -0.15) is 5.26 Å². The van der Waals surface area contributed by atoms with Gasteiger partial charge in [0.2, 0.25) is 0 Å². The van der Waals surface area contributed by atoms with E-state index in [-0.39, 0.29) is 0 Å². The molecule has 1 heterocycles. The van der Waals surface area contributed by atoms with Crippen LogP contribution in [0.5, 0.6) is 0 Å². The second-order valence-corrected chi connectivity index (χ2v) is 5.05. The smallest absolute Gasteiger partial charge is 0.142 e. The highest BCUT2D eigenvalue weighted by atomic mass is 14.9. The van der Waals surface area contributed by atoms with Gasteiger partial charge in [-0.3, -0.25) is 0 Å². The van der Waals surface area contributed by atoms with E-state index in [1.165, 1.54) is 25.7 Å². The van der Waals surface area contributed by atoms with Crippen molar-refractivity contribution in [3.05, 3.63) is 24.0 Å². The molecule has 0 saturated heterocycles. The highest BCUT2D eigenvalue weighted by Gasteiger charge is 2.17. The third-order valence-corrected chi connectivity index (χ3v) is 3.60. The van der Waals surface area contributed by atoms with Crippen molar-refractivity contribution in [1.29, 1.82) is 5.26 Å². The zero-order valence-electron chi connectivity index (χ0n) is 10.3. The molecule has 0 unspecified atom stereocenters. The lowest BCUT2D eigenvalue weighted by molar-refractivity contribution is 0.300. The van der Waals surface area contributed by atoms with E-state index in [0.29, 0.717) is 5.69 Å². The van der Waals surface area contributed by atoms with Crippen LogP contribution in [-0.4, -0.2) is 11.5 Å². The lowest BCUT2D eigenvalue weighted by Gasteiger charge is -2.26. The van der Waals surface area contributed by atoms with Gasteiger partial charge in [-0.05, 0) is 36.8 Å². The van der Waals surface area contributed by atoms with Gasteiger partial charge in [-0.1, -0.05) is 19.8 Å². The monoisotopic (exact) mass is 229 g/mol. The minimum Gasteiger partial charge on any atom is -0.385 e. The molecule has 0 aliphatic heterocycles. The molecular weight excluding hydrogens is 210 g/mol. The van der Waals surface area contributed by atoms with Crippen LogP contribution in [0.2, 0.25) is 0 Å². The molecule has 0 radical (unpaired) electrons. The summed E-state index contributed by atoms with van der Waals surface area (Å²) in [5, 5.41) is 12.2. The van der Waals surface area contributed by atoms with Gasteiger partial charge in [-0.25, -0.2) is 4.98 Å². The summed E-state index contributed by atoms with van der Waals surface area (Å²) in [7, 11) is 0. The van der Waals surface area contributed by atoms with E-state index in [1.54, 1.807) is 6.20 Å². The molecule has 0 amide bonds. The number of aromatic nitrogens is 1. The normalized spacial score (nSPS) is 24.0. The average Bonchev–Trinajstić information content (AvgIpc) is 2.38. The minimum absolute atomic E-state index is 0.479. The van der Waals surface area contributed by atoms with Gasteiger partial charge < -0.3 is 5.32 Å². The molecule has 1 saturated carbocycles. The van der Waals surface area contributed by atoms with Crippen molar-refractivity contribution in [3.63, 3.8) is 0 Å². The second kappa shape index (κ2) is 5.67. The van der Waals surface area contributed by atoms with Crippen LogP contribution < -0.4 is 5.32 Å². The maximum absolute atomic E-state index is 8.77. The van der Waals surface area contributed by atoms with Gasteiger partial charge in [0.05, 0.1) is 0 Å². The van der Waals surface area contributed by atoms with Crippen molar-refractivity contribution in [3.8, 4) is 6.07 Å². The van der Waals surface area contributed by atoms with Gasteiger partial charge in [0, 0.05) is 18.4 Å². The number of nitrogens with zero attached hydrogens (tertiary/aromatic N) is 2. The van der Waals surface area contributed by atoms with E-state index in [4.69, 9.17) is 5.26 Å². The highest BCUT2D eigenvalue weighted by molar-refractivity contribution is 5.45. The maximum Gasteiger partial charge on any atom is 0.142 e. The van der Waals surface area contributed by atoms with Gasteiger partial charge in [0.15, 0.2) is 0 Å². The van der Waals surface area contributed by atoms with Crippen molar-refractivity contribution in [1.82, 2.24) is 4.98 Å². The van der Waals surface area contributed by atoms with Crippen LogP contribution in [-0.2, 0) is 0 Å². The van der Waals surface area contributed by atoms with Gasteiger partial charge in [0.1, 0.15) is 11.8 Å². The van der Waals surface area contributed by atoms with Crippen LogP contribution >= 0.6 is 0 Å². The predicted molar refractivity (Wildman–Crippen MR) is 68.6 cm³/mol. The molecule has 17 heavy (non-hydrogen) atoms. The molecule has 0 atom stereocenters. The van der Waals surface area contributed by atoms with Crippen LogP contribution in [0.4, 0.5) is 5.69 Å². The Morgan fingerprint density at radius 2 is 2.18 bits per heavy atom. The Balaban J connectivity index is 1.83. The first-order chi connectivity index (χ1) is 8.28. The molecule has 1 fully saturated rings. The summed E-state index contributed by atoms with van der Waals surface area (Å²) >= 11 is 0. The lowest BCUT2D eigenvalue weighted by atomic mass is 9.83. The number of hydrogen-bond acceptors (Lipinski definition) is 3. The molecule has 1 aliphatic rings. The van der Waals surface area contributed by atoms with E-state index in [0.717, 1.165) is 24.1 Å². The van der Waals surface area contributed by atoms with Gasteiger partial charge in [-0.15, -0.1) is 0 Å². The van der Waals surface area contributed by atoms with Crippen molar-refractivity contribution >= 4 is 5.69 Å². The summed E-state index contributed by atoms with van der Waals surface area (Å²) in [5.74, 6) is 1.68. The third kappa shape index (κ3) is 3.45. The summed E-state index contributed by atoms with van der Waals surface area (Å²) in [5.41, 5.74) is 1.49. The van der Waals surface area contributed by atoms with Crippen molar-refractivity contribution in [2.24, 2.45) is 11.8 Å². The Morgan fingerprint density at radius 1 is 1.41 bits per heavy atom. The summed E-state index contributed by atoms with van der Waals surface area (Å²) in [6, 6.07) is 5.79. The molecule has 90 valence electrons. The number of anilines is 1. The standard InChI is InChI=1S/C14H19N3/c1-11-2-4-12(5-3-11)10-17-13-6-7-16-14(8-13)9-15/h6-8,11-12H,2-5,10H2,1H3,(H,16,17). The fraction of sp³-hybridized carbons (Fsp3) is 0.571. The summed E-state index contributed by atoms with van der Waals surface area (Å²) in [6.07, 6.45) is 7.04. The minimum atomic E-state index is 0.479. The quantitative estimate of drug-likeness (QED) is 0.866. The Bertz CT molecular complexity index is 400. The molecule has 1 aliphatic carbocycles. The van der Waals surface area contributed by atoms with Crippen LogP contribution in [0.15, 0.2) is 18.3 Å². The Hall–Kier alpha value is -1.56. The predicted octanol–water partition coefficient (Wildman–Crippen LogP) is 3.19. The molecule has 0 spiro atoms. The fourth-order valence-electron chi connectivity index (χ4n) is 2.40. The Kier molecular flexibility index (Phi) is 3.98. The zero-order valence-corrected chi connectivity index (χ0v) is 10.3. The molecule has 3 heteroatoms. The van der Waals surface area contributed by atoms with E-state index in [2.05, 4.69) is 23.3 Å². The van der Waals surface area contributed by atoms with E-state index < -0.39 is 0 Å². The first-order valence-electron chi connectivity index (χ1n) is 6.38. The molecule has 2 rings (SSSR count). The van der Waals surface area contributed by atoms with Gasteiger partial charge in [0.25, 0.3) is 0 Å². The first kappa shape index (κ1) is 11.9. The number of nitriles is 1. The van der Waals surface area contributed by atoms with E-state index in [9.17, 15) is 0 Å². The van der Waals surface area contributed by atoms with Crippen LogP contribution in [0.25, 0.3) is 0 Å². The number of nitrogens with one attached hydrogen (secondary N) is 1. The molecular formula is C14H19N3. The molecule has 0 bridgehead atoms. The second-order valence-electron chi connectivity index (χ2n) is 5.05. The molecule has 1 aromatic rings. The zero-order chi connectivity index (χ0) is 12.1. The maximum atomic E-state index is 8.77. The molecule has 1 aromatic heterocycles. The van der Waals surface area contributed by atoms with E-state index in [1.807, 2.05) is 12.1 Å². The van der Waals surface area contributed by atoms with Crippen molar-refractivity contribution in [2.45, 2.75) is 32.6 Å². The number of pyridine rings is 1. The lowest BCUT2D eigenvalue weighted by Crippen LogP contribution is -2.20. The average molecular weight is 229 g/mol.